The van der Waals surface area contributed by atoms with Crippen molar-refractivity contribution in [2.75, 3.05) is 16.8 Å². The van der Waals surface area contributed by atoms with Gasteiger partial charge in [-0.3, -0.25) is 5.04 Å². The molecule has 0 aliphatic rings. The average molecular weight is 831 g/mol. The number of nitrogen functional groups attached to an aromatic ring is 2. The Morgan fingerprint density at radius 3 is 1.96 bits per heavy atom. The van der Waals surface area contributed by atoms with Crippen LogP contribution in [0.25, 0.3) is 10.8 Å². The van der Waals surface area contributed by atoms with Crippen molar-refractivity contribution in [1.82, 2.24) is 0 Å². The van der Waals surface area contributed by atoms with Gasteiger partial charge in [-0.15, -0.1) is 15.3 Å². The Hall–Kier alpha value is -6.57. The largest absolute Gasteiger partial charge is 0.744 e. The van der Waals surface area contributed by atoms with Crippen LogP contribution < -0.4 is 22.0 Å². The molecule has 0 amide bonds. The zero-order chi connectivity index (χ0) is 40.9. The SMILES string of the molecule is Nc1cc(O)ccc1N=Nc1ccc(Nc2ccc(N=Nc3c(S(=O)(=O)[O-])cc4cc(SOO[O-])c(N=Nc5ccccc5)c(O)c4c3N)cc2S(=O)(=O)[O-])cc1. The number of fused-ring (bicyclic) bond motifs is 1. The number of benzene rings is 6. The molecule has 6 rings (SSSR count). The second-order valence-electron chi connectivity index (χ2n) is 11.5. The third kappa shape index (κ3) is 9.46. The number of nitrogens with zero attached hydrogens (tertiary/aromatic N) is 6. The van der Waals surface area contributed by atoms with Crippen LogP contribution in [0.2, 0.25) is 0 Å². The second-order valence-corrected chi connectivity index (χ2v) is 14.9. The van der Waals surface area contributed by atoms with E-state index in [4.69, 9.17) is 11.5 Å². The van der Waals surface area contributed by atoms with Crippen LogP contribution in [0.15, 0.2) is 149 Å². The van der Waals surface area contributed by atoms with E-state index in [1.807, 2.05) is 0 Å². The summed E-state index contributed by atoms with van der Waals surface area (Å²) in [6, 6.07) is 23.9. The molecule has 0 radical (unpaired) electrons. The Labute approximate surface area is 326 Å². The topological polar surface area (TPSA) is 335 Å². The number of nitrogens with two attached hydrogens (primary N) is 2. The number of hydrogen-bond acceptors (Lipinski definition) is 21. The highest BCUT2D eigenvalue weighted by atomic mass is 32.2. The Morgan fingerprint density at radius 2 is 1.30 bits per heavy atom. The van der Waals surface area contributed by atoms with Crippen molar-refractivity contribution in [3.05, 3.63) is 103 Å². The molecule has 0 bridgehead atoms. The summed E-state index contributed by atoms with van der Waals surface area (Å²) in [6.07, 6.45) is 0. The summed E-state index contributed by atoms with van der Waals surface area (Å²) in [6.45, 7) is 0. The first kappa shape index (κ1) is 40.1. The Balaban J connectivity index is 1.35. The van der Waals surface area contributed by atoms with E-state index in [1.165, 1.54) is 60.7 Å². The van der Waals surface area contributed by atoms with Crippen molar-refractivity contribution < 1.29 is 50.8 Å². The minimum absolute atomic E-state index is 0.0357. The Morgan fingerprint density at radius 1 is 0.667 bits per heavy atom. The highest BCUT2D eigenvalue weighted by Gasteiger charge is 2.23. The molecule has 0 fully saturated rings. The van der Waals surface area contributed by atoms with Gasteiger partial charge in [-0.1, -0.05) is 18.2 Å². The van der Waals surface area contributed by atoms with Gasteiger partial charge in [-0.05, 0) is 84.2 Å². The highest BCUT2D eigenvalue weighted by molar-refractivity contribution is 7.94. The maximum atomic E-state index is 12.4. The van der Waals surface area contributed by atoms with Crippen molar-refractivity contribution >= 4 is 99.9 Å². The van der Waals surface area contributed by atoms with E-state index < -0.39 is 47.2 Å². The first-order chi connectivity index (χ1) is 27.1. The molecule has 0 saturated heterocycles. The van der Waals surface area contributed by atoms with E-state index in [0.29, 0.717) is 34.8 Å². The molecule has 23 heteroatoms. The van der Waals surface area contributed by atoms with E-state index in [0.717, 1.165) is 12.1 Å². The molecule has 0 saturated carbocycles. The van der Waals surface area contributed by atoms with Crippen LogP contribution in [0.5, 0.6) is 11.5 Å². The lowest BCUT2D eigenvalue weighted by atomic mass is 10.1. The summed E-state index contributed by atoms with van der Waals surface area (Å²) >= 11 is 0.292. The smallest absolute Gasteiger partial charge is 0.154 e. The third-order valence-corrected chi connectivity index (χ3v) is 10.0. The summed E-state index contributed by atoms with van der Waals surface area (Å²) in [7, 11) is -10.5. The monoisotopic (exact) mass is 830 g/mol. The first-order valence-corrected chi connectivity index (χ1v) is 19.2. The van der Waals surface area contributed by atoms with Crippen LogP contribution in [0.3, 0.4) is 0 Å². The Kier molecular flexibility index (Phi) is 11.7. The zero-order valence-electron chi connectivity index (χ0n) is 28.4. The molecule has 0 unspecified atom stereocenters. The van der Waals surface area contributed by atoms with E-state index >= 15 is 0 Å². The summed E-state index contributed by atoms with van der Waals surface area (Å²) < 4.78 is 78.7. The van der Waals surface area contributed by atoms with Crippen LogP contribution >= 0.6 is 12.0 Å². The van der Waals surface area contributed by atoms with E-state index in [1.54, 1.807) is 30.3 Å². The minimum atomic E-state index is -5.35. The molecule has 6 aromatic carbocycles. The average Bonchev–Trinajstić information content (AvgIpc) is 3.16. The zero-order valence-corrected chi connectivity index (χ0v) is 30.9. The molecule has 7 N–H and O–H groups in total. The van der Waals surface area contributed by atoms with Crippen LogP contribution in [0, 0.1) is 0 Å². The summed E-state index contributed by atoms with van der Waals surface area (Å²) in [5, 5.41) is 61.1. The maximum Gasteiger partial charge on any atom is 0.154 e. The van der Waals surface area contributed by atoms with Crippen molar-refractivity contribution in [2.45, 2.75) is 14.7 Å². The van der Waals surface area contributed by atoms with Gasteiger partial charge < -0.3 is 41.4 Å². The molecule has 0 aromatic heterocycles. The predicted octanol–water partition coefficient (Wildman–Crippen LogP) is 7.44. The van der Waals surface area contributed by atoms with Gasteiger partial charge in [0.2, 0.25) is 0 Å². The molecule has 0 atom stereocenters. The van der Waals surface area contributed by atoms with Gasteiger partial charge in [0.15, 0.2) is 5.75 Å². The van der Waals surface area contributed by atoms with Crippen LogP contribution in [-0.4, -0.2) is 36.2 Å². The molecule has 292 valence electrons. The van der Waals surface area contributed by atoms with Crippen LogP contribution in [0.4, 0.5) is 56.9 Å². The number of hydrogen-bond donors (Lipinski definition) is 5. The molecule has 57 heavy (non-hydrogen) atoms. The number of anilines is 4. The standard InChI is InChI=1S/C34H27N9O11S3/c35-24-17-23(44)11-13-25(24)41-38-21-8-6-19(7-9-21)37-26-12-10-22(16-28(26)56(47,48)49)40-43-33-29(57(50,51)52)15-18-14-27(55-54-53-46)32(34(45)30(18)31(33)36)42-39-20-4-2-1-3-5-20/h1-17,37,44-46H,35-36H2,(H,47,48,49)(H,50,51,52)/p-3. The van der Waals surface area contributed by atoms with Crippen molar-refractivity contribution in [3.63, 3.8) is 0 Å². The summed E-state index contributed by atoms with van der Waals surface area (Å²) in [4.78, 5) is -1.86. The summed E-state index contributed by atoms with van der Waals surface area (Å²) in [5.41, 5.74) is 11.7. The van der Waals surface area contributed by atoms with Gasteiger partial charge in [0.05, 0.1) is 66.2 Å². The molecule has 0 aliphatic heterocycles. The van der Waals surface area contributed by atoms with Gasteiger partial charge in [0.25, 0.3) is 0 Å². The molecule has 20 nitrogen and oxygen atoms in total. The van der Waals surface area contributed by atoms with E-state index in [9.17, 15) is 41.4 Å². The predicted molar refractivity (Wildman–Crippen MR) is 202 cm³/mol. The minimum Gasteiger partial charge on any atom is -0.744 e. The molecule has 0 heterocycles. The number of aromatic hydroxyl groups is 2. The van der Waals surface area contributed by atoms with Crippen molar-refractivity contribution in [1.29, 1.82) is 0 Å². The van der Waals surface area contributed by atoms with Crippen molar-refractivity contribution in [2.24, 2.45) is 30.7 Å². The van der Waals surface area contributed by atoms with Gasteiger partial charge in [0, 0.05) is 11.8 Å². The lowest BCUT2D eigenvalue weighted by Gasteiger charge is -2.17. The number of rotatable bonds is 13. The van der Waals surface area contributed by atoms with Crippen LogP contribution in [-0.2, 0) is 29.6 Å². The lowest BCUT2D eigenvalue weighted by Crippen LogP contribution is -2.03. The lowest BCUT2D eigenvalue weighted by molar-refractivity contribution is -0.777. The fourth-order valence-corrected chi connectivity index (χ4v) is 6.93. The number of nitrogens with one attached hydrogen (secondary N) is 1. The molecular formula is C34H24N9O11S3-3. The second kappa shape index (κ2) is 16.7. The molecule has 0 aliphatic carbocycles. The first-order valence-electron chi connectivity index (χ1n) is 15.7. The van der Waals surface area contributed by atoms with E-state index in [-0.39, 0.29) is 44.2 Å². The van der Waals surface area contributed by atoms with Crippen molar-refractivity contribution in [3.8, 4) is 11.5 Å². The van der Waals surface area contributed by atoms with Gasteiger partial charge in [0.1, 0.15) is 43.0 Å². The summed E-state index contributed by atoms with van der Waals surface area (Å²) in [5.74, 6) is -0.729. The Bertz CT molecular complexity index is 2810. The maximum absolute atomic E-state index is 12.4. The number of phenols is 2. The molecule has 6 aromatic rings. The normalized spacial score (nSPS) is 12.3. The van der Waals surface area contributed by atoms with E-state index in [2.05, 4.69) is 45.4 Å². The molecule has 0 spiro atoms. The number of phenolic OH excluding ortho intramolecular Hbond substituents is 2. The molecular weight excluding hydrogens is 807 g/mol. The fraction of sp³-hybridized carbons (Fsp3) is 0. The quantitative estimate of drug-likeness (QED) is 0.0188. The van der Waals surface area contributed by atoms with Gasteiger partial charge in [-0.25, -0.2) is 16.8 Å². The third-order valence-electron chi connectivity index (χ3n) is 7.69. The fourth-order valence-electron chi connectivity index (χ4n) is 5.12. The van der Waals surface area contributed by atoms with Crippen LogP contribution in [0.1, 0.15) is 0 Å². The number of azo groups is 3. The van der Waals surface area contributed by atoms with Gasteiger partial charge >= 0.3 is 0 Å². The highest BCUT2D eigenvalue weighted by Crippen LogP contribution is 2.49. The van der Waals surface area contributed by atoms with Gasteiger partial charge in [-0.2, -0.15) is 19.7 Å².